The van der Waals surface area contributed by atoms with Crippen LogP contribution in [0.4, 0.5) is 0 Å². The highest BCUT2D eigenvalue weighted by Gasteiger charge is 2.40. The number of aromatic nitrogens is 1. The van der Waals surface area contributed by atoms with Gasteiger partial charge in [0.25, 0.3) is 5.91 Å². The van der Waals surface area contributed by atoms with E-state index in [0.717, 1.165) is 75.0 Å². The third-order valence-corrected chi connectivity index (χ3v) is 6.90. The molecule has 2 atom stereocenters. The maximum atomic E-state index is 13.2. The number of hydrogen-bond donors (Lipinski definition) is 0. The van der Waals surface area contributed by atoms with Gasteiger partial charge < -0.3 is 14.4 Å². The molecule has 4 rings (SSSR count). The molecular formula is C23H33N3O2. The summed E-state index contributed by atoms with van der Waals surface area (Å²) in [6.45, 7) is 8.71. The number of rotatable bonds is 3. The van der Waals surface area contributed by atoms with Crippen molar-refractivity contribution in [3.63, 3.8) is 0 Å². The molecule has 5 heteroatoms. The highest BCUT2D eigenvalue weighted by molar-refractivity contribution is 5.96. The first-order valence-corrected chi connectivity index (χ1v) is 10.9. The Kier molecular flexibility index (Phi) is 5.35. The van der Waals surface area contributed by atoms with E-state index in [1.165, 1.54) is 0 Å². The molecule has 5 nitrogen and oxygen atoms in total. The van der Waals surface area contributed by atoms with Crippen LogP contribution in [0.3, 0.4) is 0 Å². The Bertz CT molecular complexity index is 792. The van der Waals surface area contributed by atoms with Gasteiger partial charge in [0.05, 0.1) is 5.56 Å². The van der Waals surface area contributed by atoms with E-state index in [2.05, 4.69) is 29.4 Å². The highest BCUT2D eigenvalue weighted by Crippen LogP contribution is 2.33. The van der Waals surface area contributed by atoms with E-state index < -0.39 is 0 Å². The van der Waals surface area contributed by atoms with Gasteiger partial charge in [0.1, 0.15) is 0 Å². The second-order valence-corrected chi connectivity index (χ2v) is 8.95. The monoisotopic (exact) mass is 383 g/mol. The molecule has 1 aromatic rings. The maximum Gasteiger partial charge on any atom is 0.255 e. The van der Waals surface area contributed by atoms with Gasteiger partial charge in [-0.2, -0.15) is 0 Å². The van der Waals surface area contributed by atoms with Gasteiger partial charge in [-0.1, -0.05) is 6.08 Å². The van der Waals surface area contributed by atoms with Crippen LogP contribution in [-0.4, -0.2) is 51.9 Å². The number of piperidine rings is 2. The lowest BCUT2D eigenvalue weighted by Gasteiger charge is -2.47. The topological polar surface area (TPSA) is 45.6 Å². The minimum absolute atomic E-state index is 0.150. The molecule has 28 heavy (non-hydrogen) atoms. The zero-order valence-corrected chi connectivity index (χ0v) is 17.5. The van der Waals surface area contributed by atoms with Gasteiger partial charge in [-0.15, -0.1) is 0 Å². The van der Waals surface area contributed by atoms with Crippen molar-refractivity contribution >= 4 is 11.8 Å². The predicted octanol–water partition coefficient (Wildman–Crippen LogP) is 3.94. The molecule has 2 unspecified atom stereocenters. The molecule has 0 aromatic carbocycles. The minimum Gasteiger partial charge on any atom is -0.348 e. The molecule has 152 valence electrons. The first-order valence-electron chi connectivity index (χ1n) is 10.9. The van der Waals surface area contributed by atoms with Gasteiger partial charge >= 0.3 is 0 Å². The fraction of sp³-hybridized carbons (Fsp3) is 0.652. The van der Waals surface area contributed by atoms with E-state index in [4.69, 9.17) is 0 Å². The number of amides is 2. The Hall–Kier alpha value is -2.04. The van der Waals surface area contributed by atoms with Crippen LogP contribution in [0.25, 0.3) is 0 Å². The summed E-state index contributed by atoms with van der Waals surface area (Å²) in [6.07, 6.45) is 10.3. The summed E-state index contributed by atoms with van der Waals surface area (Å²) in [4.78, 5) is 30.3. The molecule has 0 spiro atoms. The fourth-order valence-corrected chi connectivity index (χ4v) is 5.37. The molecule has 0 saturated carbocycles. The molecule has 3 heterocycles. The molecule has 0 N–H and O–H groups in total. The van der Waals surface area contributed by atoms with Gasteiger partial charge in [-0.05, 0) is 71.3 Å². The van der Waals surface area contributed by atoms with Crippen LogP contribution in [0.2, 0.25) is 0 Å². The summed E-state index contributed by atoms with van der Waals surface area (Å²) in [6, 6.07) is 2.62. The van der Waals surface area contributed by atoms with Crippen LogP contribution in [-0.2, 0) is 4.79 Å². The van der Waals surface area contributed by atoms with Crippen LogP contribution in [0.5, 0.6) is 0 Å². The van der Waals surface area contributed by atoms with E-state index in [1.807, 2.05) is 24.1 Å². The van der Waals surface area contributed by atoms with Crippen LogP contribution < -0.4 is 0 Å². The van der Waals surface area contributed by atoms with Crippen molar-refractivity contribution < 1.29 is 9.59 Å². The standard InChI is InChI=1S/C23H33N3O2/c1-16(2)25-14-10-20(17(25)3)23(28)24-13-11-21-19(15-24)9-6-12-26(21)22(27)18-7-4-5-8-18/h7,10,14,16,19,21H,4-6,8-9,11-13,15H2,1-3H3. The van der Waals surface area contributed by atoms with Gasteiger partial charge in [-0.3, -0.25) is 9.59 Å². The number of nitrogens with zero attached hydrogens (tertiary/aromatic N) is 3. The first-order chi connectivity index (χ1) is 13.5. The Morgan fingerprint density at radius 2 is 1.93 bits per heavy atom. The molecular weight excluding hydrogens is 350 g/mol. The SMILES string of the molecule is Cc1c(C(=O)N2CCC3C(CCCN3C(=O)C3=CCCC3)C2)ccn1C(C)C. The molecule has 2 aliphatic heterocycles. The third-order valence-electron chi connectivity index (χ3n) is 6.90. The highest BCUT2D eigenvalue weighted by atomic mass is 16.2. The van der Waals surface area contributed by atoms with Gasteiger partial charge in [0, 0.05) is 49.2 Å². The zero-order chi connectivity index (χ0) is 19.8. The van der Waals surface area contributed by atoms with Crippen molar-refractivity contribution in [3.8, 4) is 0 Å². The van der Waals surface area contributed by atoms with Gasteiger partial charge in [0.15, 0.2) is 0 Å². The number of allylic oxidation sites excluding steroid dienone is 1. The average Bonchev–Trinajstić information content (AvgIpc) is 3.36. The molecule has 2 fully saturated rings. The predicted molar refractivity (Wildman–Crippen MR) is 110 cm³/mol. The van der Waals surface area contributed by atoms with Crippen molar-refractivity contribution in [2.24, 2.45) is 5.92 Å². The maximum absolute atomic E-state index is 13.2. The van der Waals surface area contributed by atoms with E-state index in [0.29, 0.717) is 18.0 Å². The number of carbonyl (C=O) groups excluding carboxylic acids is 2. The fourth-order valence-electron chi connectivity index (χ4n) is 5.37. The van der Waals surface area contributed by atoms with Crippen molar-refractivity contribution in [3.05, 3.63) is 35.2 Å². The molecule has 2 saturated heterocycles. The Morgan fingerprint density at radius 1 is 1.11 bits per heavy atom. The van der Waals surface area contributed by atoms with Gasteiger partial charge in [0.2, 0.25) is 5.91 Å². The lowest BCUT2D eigenvalue weighted by molar-refractivity contribution is -0.133. The average molecular weight is 384 g/mol. The van der Waals surface area contributed by atoms with Crippen LogP contribution >= 0.6 is 0 Å². The van der Waals surface area contributed by atoms with Gasteiger partial charge in [-0.25, -0.2) is 0 Å². The quantitative estimate of drug-likeness (QED) is 0.794. The largest absolute Gasteiger partial charge is 0.348 e. The van der Waals surface area contributed by atoms with Crippen molar-refractivity contribution in [1.29, 1.82) is 0 Å². The summed E-state index contributed by atoms with van der Waals surface area (Å²) < 4.78 is 2.16. The molecule has 3 aliphatic rings. The van der Waals surface area contributed by atoms with E-state index in [9.17, 15) is 9.59 Å². The lowest BCUT2D eigenvalue weighted by atomic mass is 9.83. The normalized spacial score (nSPS) is 25.1. The Morgan fingerprint density at radius 3 is 2.61 bits per heavy atom. The summed E-state index contributed by atoms with van der Waals surface area (Å²) in [5.74, 6) is 0.819. The Balaban J connectivity index is 1.46. The second-order valence-electron chi connectivity index (χ2n) is 8.95. The first kappa shape index (κ1) is 19.3. The van der Waals surface area contributed by atoms with E-state index >= 15 is 0 Å². The smallest absolute Gasteiger partial charge is 0.255 e. The summed E-state index contributed by atoms with van der Waals surface area (Å²) >= 11 is 0. The minimum atomic E-state index is 0.150. The van der Waals surface area contributed by atoms with E-state index in [1.54, 1.807) is 0 Å². The van der Waals surface area contributed by atoms with Crippen LogP contribution in [0.15, 0.2) is 23.9 Å². The second kappa shape index (κ2) is 7.76. The molecule has 2 amide bonds. The zero-order valence-electron chi connectivity index (χ0n) is 17.5. The van der Waals surface area contributed by atoms with Crippen LogP contribution in [0.1, 0.15) is 74.5 Å². The van der Waals surface area contributed by atoms with E-state index in [-0.39, 0.29) is 11.8 Å². The third kappa shape index (κ3) is 3.40. The van der Waals surface area contributed by atoms with Crippen molar-refractivity contribution in [1.82, 2.24) is 14.4 Å². The number of fused-ring (bicyclic) bond motifs is 1. The van der Waals surface area contributed by atoms with Crippen molar-refractivity contribution in [2.45, 2.75) is 71.4 Å². The Labute approximate surface area is 168 Å². The number of likely N-dealkylation sites (tertiary alicyclic amines) is 2. The molecule has 1 aromatic heterocycles. The number of carbonyl (C=O) groups is 2. The van der Waals surface area contributed by atoms with Crippen molar-refractivity contribution in [2.75, 3.05) is 19.6 Å². The van der Waals surface area contributed by atoms with Crippen LogP contribution in [0, 0.1) is 12.8 Å². The summed E-state index contributed by atoms with van der Waals surface area (Å²) in [5, 5.41) is 0. The molecule has 0 bridgehead atoms. The molecule has 0 radical (unpaired) electrons. The molecule has 1 aliphatic carbocycles. The summed E-state index contributed by atoms with van der Waals surface area (Å²) in [5.41, 5.74) is 2.90. The number of hydrogen-bond acceptors (Lipinski definition) is 2. The lowest BCUT2D eigenvalue weighted by Crippen LogP contribution is -2.56. The summed E-state index contributed by atoms with van der Waals surface area (Å²) in [7, 11) is 0.